The Bertz CT molecular complexity index is 565. The van der Waals surface area contributed by atoms with Gasteiger partial charge in [-0.25, -0.2) is 4.98 Å². The van der Waals surface area contributed by atoms with Gasteiger partial charge in [0.05, 0.1) is 6.54 Å². The predicted octanol–water partition coefficient (Wildman–Crippen LogP) is 3.06. The number of hydrogen-bond acceptors (Lipinski definition) is 4. The van der Waals surface area contributed by atoms with Crippen molar-refractivity contribution in [3.8, 4) is 0 Å². The van der Waals surface area contributed by atoms with E-state index in [4.69, 9.17) is 4.99 Å². The first kappa shape index (κ1) is 19.9. The highest BCUT2D eigenvalue weighted by Gasteiger charge is 2.21. The number of nitrogens with one attached hydrogen (secondary N) is 2. The number of aromatic nitrogens is 1. The van der Waals surface area contributed by atoms with E-state index in [0.29, 0.717) is 6.04 Å². The van der Waals surface area contributed by atoms with Crippen molar-refractivity contribution in [2.45, 2.75) is 51.3 Å². The minimum Gasteiger partial charge on any atom is -0.357 e. The molecule has 0 unspecified atom stereocenters. The van der Waals surface area contributed by atoms with Crippen LogP contribution in [-0.4, -0.2) is 54.2 Å². The van der Waals surface area contributed by atoms with Crippen LogP contribution in [0.1, 0.15) is 39.3 Å². The van der Waals surface area contributed by atoms with Crippen LogP contribution in [0.2, 0.25) is 0 Å². The number of nitrogens with zero attached hydrogens (tertiary/aromatic N) is 3. The Morgan fingerprint density at radius 1 is 1.36 bits per heavy atom. The van der Waals surface area contributed by atoms with E-state index in [-0.39, 0.29) is 4.75 Å². The van der Waals surface area contributed by atoms with E-state index in [1.807, 2.05) is 24.8 Å². The van der Waals surface area contributed by atoms with Crippen LogP contribution in [0.5, 0.6) is 0 Å². The van der Waals surface area contributed by atoms with E-state index in [1.54, 1.807) is 0 Å². The molecule has 2 rings (SSSR count). The van der Waals surface area contributed by atoms with Crippen molar-refractivity contribution in [1.29, 1.82) is 0 Å². The molecule has 0 saturated carbocycles. The summed E-state index contributed by atoms with van der Waals surface area (Å²) >= 11 is 1.86. The van der Waals surface area contributed by atoms with E-state index in [2.05, 4.69) is 59.7 Å². The molecule has 2 N–H and O–H groups in total. The maximum Gasteiger partial charge on any atom is 0.191 e. The van der Waals surface area contributed by atoms with Crippen molar-refractivity contribution in [2.75, 3.05) is 37.3 Å². The smallest absolute Gasteiger partial charge is 0.191 e. The molecule has 1 aliphatic heterocycles. The molecule has 1 aliphatic rings. The second-order valence-corrected chi connectivity index (χ2v) is 8.72. The van der Waals surface area contributed by atoms with Crippen LogP contribution in [-0.2, 0) is 0 Å². The Kier molecular flexibility index (Phi) is 7.41. The minimum atomic E-state index is 0.169. The molecule has 0 bridgehead atoms. The molecular weight excluding hydrogens is 330 g/mol. The van der Waals surface area contributed by atoms with Crippen molar-refractivity contribution < 1.29 is 0 Å². The van der Waals surface area contributed by atoms with Crippen molar-refractivity contribution in [3.63, 3.8) is 0 Å². The zero-order chi connectivity index (χ0) is 18.3. The quantitative estimate of drug-likeness (QED) is 0.601. The van der Waals surface area contributed by atoms with Gasteiger partial charge in [0, 0.05) is 36.1 Å². The number of pyridine rings is 1. The van der Waals surface area contributed by atoms with Gasteiger partial charge < -0.3 is 15.5 Å². The lowest BCUT2D eigenvalue weighted by Gasteiger charge is -2.34. The average Bonchev–Trinajstić information content (AvgIpc) is 2.61. The lowest BCUT2D eigenvalue weighted by atomic mass is 10.1. The molecule has 5 nitrogen and oxygen atoms in total. The summed E-state index contributed by atoms with van der Waals surface area (Å²) in [6.07, 6.45) is 4.35. The number of rotatable bonds is 6. The average molecular weight is 364 g/mol. The maximum atomic E-state index is 4.79. The number of thioether (sulfide) groups is 1. The van der Waals surface area contributed by atoms with E-state index in [0.717, 1.165) is 56.5 Å². The van der Waals surface area contributed by atoms with Crippen LogP contribution >= 0.6 is 11.8 Å². The molecule has 6 heteroatoms. The largest absolute Gasteiger partial charge is 0.357 e. The van der Waals surface area contributed by atoms with E-state index >= 15 is 0 Å². The molecule has 2 heterocycles. The summed E-state index contributed by atoms with van der Waals surface area (Å²) in [6, 6.07) is 6.71. The summed E-state index contributed by atoms with van der Waals surface area (Å²) in [5, 5.41) is 7.00. The number of piperidine rings is 1. The van der Waals surface area contributed by atoms with Crippen molar-refractivity contribution in [2.24, 2.45) is 4.99 Å². The van der Waals surface area contributed by atoms with Gasteiger partial charge in [-0.15, -0.1) is 0 Å². The molecule has 0 aliphatic carbocycles. The highest BCUT2D eigenvalue weighted by Crippen LogP contribution is 2.21. The van der Waals surface area contributed by atoms with Gasteiger partial charge in [0.25, 0.3) is 0 Å². The molecule has 1 fully saturated rings. The predicted molar refractivity (Wildman–Crippen MR) is 111 cm³/mol. The molecule has 1 aromatic heterocycles. The maximum absolute atomic E-state index is 4.79. The van der Waals surface area contributed by atoms with E-state index < -0.39 is 0 Å². The molecule has 25 heavy (non-hydrogen) atoms. The molecule has 0 aromatic carbocycles. The molecule has 1 saturated heterocycles. The Hall–Kier alpha value is -1.43. The molecule has 0 radical (unpaired) electrons. The minimum absolute atomic E-state index is 0.169. The van der Waals surface area contributed by atoms with Crippen LogP contribution in [0.15, 0.2) is 23.2 Å². The number of anilines is 1. The van der Waals surface area contributed by atoms with Crippen LogP contribution in [0.4, 0.5) is 5.82 Å². The second-order valence-electron chi connectivity index (χ2n) is 7.20. The topological polar surface area (TPSA) is 52.6 Å². The zero-order valence-electron chi connectivity index (χ0n) is 16.3. The van der Waals surface area contributed by atoms with Crippen LogP contribution in [0.25, 0.3) is 0 Å². The van der Waals surface area contributed by atoms with Gasteiger partial charge in [-0.2, -0.15) is 11.8 Å². The summed E-state index contributed by atoms with van der Waals surface area (Å²) in [6.45, 7) is 12.4. The lowest BCUT2D eigenvalue weighted by molar-refractivity contribution is 0.459. The Balaban J connectivity index is 1.89. The molecular formula is C19H33N5S. The highest BCUT2D eigenvalue weighted by atomic mass is 32.2. The molecule has 140 valence electrons. The molecule has 0 atom stereocenters. The standard InChI is InChI=1S/C19H33N5S/c1-6-20-18(21-14-19(3,4)25-5)23-16-10-12-24(13-11-16)17-9-7-8-15(2)22-17/h7-9,16H,6,10-14H2,1-5H3,(H2,20,21,23). The summed E-state index contributed by atoms with van der Waals surface area (Å²) < 4.78 is 0.169. The Morgan fingerprint density at radius 2 is 2.08 bits per heavy atom. The summed E-state index contributed by atoms with van der Waals surface area (Å²) in [5.41, 5.74) is 1.08. The fourth-order valence-corrected chi connectivity index (χ4v) is 3.00. The molecule has 1 aromatic rings. The summed E-state index contributed by atoms with van der Waals surface area (Å²) in [7, 11) is 0. The summed E-state index contributed by atoms with van der Waals surface area (Å²) in [5.74, 6) is 2.04. The van der Waals surface area contributed by atoms with Crippen LogP contribution < -0.4 is 15.5 Å². The lowest BCUT2D eigenvalue weighted by Crippen LogP contribution is -2.49. The van der Waals surface area contributed by atoms with Crippen molar-refractivity contribution >= 4 is 23.5 Å². The first-order valence-electron chi connectivity index (χ1n) is 9.22. The highest BCUT2D eigenvalue weighted by molar-refractivity contribution is 7.99. The zero-order valence-corrected chi connectivity index (χ0v) is 17.1. The van der Waals surface area contributed by atoms with Gasteiger partial charge in [0.15, 0.2) is 5.96 Å². The number of aliphatic imine (C=N–C) groups is 1. The Morgan fingerprint density at radius 3 is 2.68 bits per heavy atom. The number of hydrogen-bond donors (Lipinski definition) is 2. The first-order chi connectivity index (χ1) is 11.9. The van der Waals surface area contributed by atoms with E-state index in [9.17, 15) is 0 Å². The SMILES string of the molecule is CCNC(=NCC(C)(C)SC)NC1CCN(c2cccc(C)n2)CC1. The van der Waals surface area contributed by atoms with Gasteiger partial charge in [-0.05, 0) is 58.9 Å². The second kappa shape index (κ2) is 9.32. The fourth-order valence-electron chi connectivity index (χ4n) is 2.81. The normalized spacial score (nSPS) is 16.8. The van der Waals surface area contributed by atoms with Crippen LogP contribution in [0.3, 0.4) is 0 Å². The molecule has 0 amide bonds. The third kappa shape index (κ3) is 6.42. The number of guanidine groups is 1. The monoisotopic (exact) mass is 363 g/mol. The fraction of sp³-hybridized carbons (Fsp3) is 0.684. The van der Waals surface area contributed by atoms with Crippen molar-refractivity contribution in [3.05, 3.63) is 23.9 Å². The van der Waals surface area contributed by atoms with Gasteiger partial charge >= 0.3 is 0 Å². The molecule has 0 spiro atoms. The third-order valence-electron chi connectivity index (χ3n) is 4.55. The Labute approximate surface area is 157 Å². The first-order valence-corrected chi connectivity index (χ1v) is 10.4. The van der Waals surface area contributed by atoms with Crippen molar-refractivity contribution in [1.82, 2.24) is 15.6 Å². The van der Waals surface area contributed by atoms with Crippen LogP contribution in [0, 0.1) is 6.92 Å². The van der Waals surface area contributed by atoms with Gasteiger partial charge in [0.1, 0.15) is 5.82 Å². The van der Waals surface area contributed by atoms with Gasteiger partial charge in [-0.1, -0.05) is 6.07 Å². The van der Waals surface area contributed by atoms with Gasteiger partial charge in [0.2, 0.25) is 0 Å². The van der Waals surface area contributed by atoms with E-state index in [1.165, 1.54) is 0 Å². The number of aryl methyl sites for hydroxylation is 1. The summed E-state index contributed by atoms with van der Waals surface area (Å²) in [4.78, 5) is 11.8. The third-order valence-corrected chi connectivity index (χ3v) is 5.78. The van der Waals surface area contributed by atoms with Gasteiger partial charge in [-0.3, -0.25) is 4.99 Å².